The molecule has 0 amide bonds. The van der Waals surface area contributed by atoms with Gasteiger partial charge in [0, 0.05) is 45.1 Å². The second-order valence-corrected chi connectivity index (χ2v) is 12.5. The Morgan fingerprint density at radius 1 is 0.255 bits per heavy atom. The Morgan fingerprint density at radius 2 is 0.627 bits per heavy atom. The highest BCUT2D eigenvalue weighted by Crippen LogP contribution is 2.45. The first-order valence-corrected chi connectivity index (χ1v) is 17.2. The summed E-state index contributed by atoms with van der Waals surface area (Å²) in [6.07, 6.45) is 0. The van der Waals surface area contributed by atoms with Crippen LogP contribution in [-0.2, 0) is 0 Å². The van der Waals surface area contributed by atoms with E-state index in [2.05, 4.69) is 193 Å². The Bertz CT molecular complexity index is 2410. The molecule has 0 aromatic heterocycles. The summed E-state index contributed by atoms with van der Waals surface area (Å²) in [5.74, 6) is 0. The summed E-state index contributed by atoms with van der Waals surface area (Å²) in [5.41, 5.74) is 22.7. The zero-order chi connectivity index (χ0) is 34.4. The standard InChI is InChI=1S/C48H37N3/c49-42-29-16-31-46(48(42)41-28-13-12-27-40(41)39-26-11-10-24-37(39)34-18-4-1-5-19-34)51-45-33-17-32-44(47(45)36-22-8-3-9-23-36)50-43-30-15-14-25-38(43)35-20-6-2-7-21-35/h1-33,50-51H,49H2. The SMILES string of the molecule is Nc1cccc(Nc2cccc(Nc3ccccc3-c3ccccc3)c2-c2ccccc2)c1-c1ccccc1-c1ccccc1-c1ccccc1. The largest absolute Gasteiger partial charge is 0.398 e. The molecule has 3 heteroatoms. The van der Waals surface area contributed by atoms with Crippen LogP contribution >= 0.6 is 0 Å². The molecule has 0 aliphatic rings. The van der Waals surface area contributed by atoms with Gasteiger partial charge in [-0.3, -0.25) is 0 Å². The third-order valence-corrected chi connectivity index (χ3v) is 9.27. The molecule has 4 N–H and O–H groups in total. The average Bonchev–Trinajstić information content (AvgIpc) is 3.19. The minimum Gasteiger partial charge on any atom is -0.398 e. The van der Waals surface area contributed by atoms with E-state index in [1.807, 2.05) is 18.2 Å². The molecular formula is C48H37N3. The molecule has 0 unspecified atom stereocenters. The van der Waals surface area contributed by atoms with Crippen molar-refractivity contribution in [2.24, 2.45) is 0 Å². The zero-order valence-electron chi connectivity index (χ0n) is 28.1. The van der Waals surface area contributed by atoms with Crippen molar-refractivity contribution in [1.82, 2.24) is 0 Å². The minimum absolute atomic E-state index is 0.706. The minimum atomic E-state index is 0.706. The fraction of sp³-hybridized carbons (Fsp3) is 0. The summed E-state index contributed by atoms with van der Waals surface area (Å²) in [5, 5.41) is 7.67. The Hall–Kier alpha value is -6.84. The number of hydrogen-bond donors (Lipinski definition) is 3. The van der Waals surface area contributed by atoms with E-state index in [1.54, 1.807) is 0 Å². The van der Waals surface area contributed by atoms with Gasteiger partial charge < -0.3 is 16.4 Å². The number of benzene rings is 8. The van der Waals surface area contributed by atoms with Crippen molar-refractivity contribution in [2.45, 2.75) is 0 Å². The topological polar surface area (TPSA) is 50.1 Å². The number of hydrogen-bond acceptors (Lipinski definition) is 3. The highest BCUT2D eigenvalue weighted by molar-refractivity contribution is 6.01. The molecule has 0 aliphatic carbocycles. The molecule has 0 fully saturated rings. The lowest BCUT2D eigenvalue weighted by Crippen LogP contribution is -2.02. The lowest BCUT2D eigenvalue weighted by Gasteiger charge is -2.22. The van der Waals surface area contributed by atoms with Gasteiger partial charge in [-0.25, -0.2) is 0 Å². The number of nitrogens with two attached hydrogens (primary N) is 1. The smallest absolute Gasteiger partial charge is 0.0485 e. The van der Waals surface area contributed by atoms with E-state index in [0.717, 1.165) is 67.3 Å². The maximum atomic E-state index is 6.90. The van der Waals surface area contributed by atoms with E-state index in [1.165, 1.54) is 11.1 Å². The van der Waals surface area contributed by atoms with E-state index in [4.69, 9.17) is 5.73 Å². The maximum Gasteiger partial charge on any atom is 0.0485 e. The van der Waals surface area contributed by atoms with Crippen LogP contribution in [0.25, 0.3) is 55.6 Å². The first-order valence-electron chi connectivity index (χ1n) is 17.2. The van der Waals surface area contributed by atoms with Gasteiger partial charge in [0.1, 0.15) is 0 Å². The monoisotopic (exact) mass is 655 g/mol. The summed E-state index contributed by atoms with van der Waals surface area (Å²) in [6.45, 7) is 0. The summed E-state index contributed by atoms with van der Waals surface area (Å²) >= 11 is 0. The van der Waals surface area contributed by atoms with Gasteiger partial charge in [0.25, 0.3) is 0 Å². The predicted molar refractivity (Wildman–Crippen MR) is 217 cm³/mol. The Kier molecular flexibility index (Phi) is 8.83. The number of nitrogen functional groups attached to an aromatic ring is 1. The molecule has 8 aromatic carbocycles. The van der Waals surface area contributed by atoms with Crippen molar-refractivity contribution in [2.75, 3.05) is 16.4 Å². The van der Waals surface area contributed by atoms with Gasteiger partial charge in [0.05, 0.1) is 0 Å². The van der Waals surface area contributed by atoms with Crippen LogP contribution in [0.3, 0.4) is 0 Å². The highest BCUT2D eigenvalue weighted by Gasteiger charge is 2.19. The Labute approximate surface area is 299 Å². The molecule has 0 spiro atoms. The molecule has 0 saturated carbocycles. The van der Waals surface area contributed by atoms with E-state index in [9.17, 15) is 0 Å². The van der Waals surface area contributed by atoms with E-state index in [-0.39, 0.29) is 0 Å². The number of nitrogens with one attached hydrogen (secondary N) is 2. The van der Waals surface area contributed by atoms with Gasteiger partial charge >= 0.3 is 0 Å². The number of para-hydroxylation sites is 1. The molecule has 8 aromatic rings. The molecule has 0 radical (unpaired) electrons. The zero-order valence-corrected chi connectivity index (χ0v) is 28.1. The number of rotatable bonds is 9. The second kappa shape index (κ2) is 14.3. The molecule has 0 atom stereocenters. The Morgan fingerprint density at radius 3 is 1.24 bits per heavy atom. The second-order valence-electron chi connectivity index (χ2n) is 12.5. The molecule has 0 aliphatic heterocycles. The molecule has 8 rings (SSSR count). The van der Waals surface area contributed by atoms with Gasteiger partial charge in [-0.05, 0) is 69.3 Å². The normalized spacial score (nSPS) is 10.8. The van der Waals surface area contributed by atoms with Crippen LogP contribution in [-0.4, -0.2) is 0 Å². The van der Waals surface area contributed by atoms with E-state index in [0.29, 0.717) is 5.69 Å². The van der Waals surface area contributed by atoms with Gasteiger partial charge in [-0.1, -0.05) is 170 Å². The van der Waals surface area contributed by atoms with Gasteiger partial charge in [0.15, 0.2) is 0 Å². The third-order valence-electron chi connectivity index (χ3n) is 9.27. The van der Waals surface area contributed by atoms with Crippen molar-refractivity contribution in [3.8, 4) is 55.6 Å². The Balaban J connectivity index is 1.25. The van der Waals surface area contributed by atoms with Crippen molar-refractivity contribution < 1.29 is 0 Å². The van der Waals surface area contributed by atoms with Crippen LogP contribution in [0.15, 0.2) is 200 Å². The fourth-order valence-corrected chi connectivity index (χ4v) is 6.93. The van der Waals surface area contributed by atoms with E-state index >= 15 is 0 Å². The number of anilines is 5. The van der Waals surface area contributed by atoms with Crippen LogP contribution < -0.4 is 16.4 Å². The maximum absolute atomic E-state index is 6.90. The van der Waals surface area contributed by atoms with Crippen molar-refractivity contribution in [1.29, 1.82) is 0 Å². The van der Waals surface area contributed by atoms with Crippen molar-refractivity contribution in [3.63, 3.8) is 0 Å². The van der Waals surface area contributed by atoms with E-state index < -0.39 is 0 Å². The predicted octanol–water partition coefficient (Wildman–Crippen LogP) is 13.1. The van der Waals surface area contributed by atoms with Gasteiger partial charge in [0.2, 0.25) is 0 Å². The molecule has 0 saturated heterocycles. The molecule has 0 heterocycles. The molecule has 51 heavy (non-hydrogen) atoms. The van der Waals surface area contributed by atoms with Crippen molar-refractivity contribution >= 4 is 28.4 Å². The first-order chi connectivity index (χ1) is 25.2. The molecule has 0 bridgehead atoms. The average molecular weight is 656 g/mol. The molecule has 3 nitrogen and oxygen atoms in total. The lowest BCUT2D eigenvalue weighted by molar-refractivity contribution is 1.49. The summed E-state index contributed by atoms with van der Waals surface area (Å²) in [6, 6.07) is 69.7. The van der Waals surface area contributed by atoms with Crippen LogP contribution in [0.1, 0.15) is 0 Å². The third kappa shape index (κ3) is 6.49. The van der Waals surface area contributed by atoms with Gasteiger partial charge in [-0.2, -0.15) is 0 Å². The summed E-state index contributed by atoms with van der Waals surface area (Å²) in [7, 11) is 0. The van der Waals surface area contributed by atoms with Gasteiger partial charge in [-0.15, -0.1) is 0 Å². The molecule has 244 valence electrons. The molecular weight excluding hydrogens is 619 g/mol. The summed E-state index contributed by atoms with van der Waals surface area (Å²) < 4.78 is 0. The van der Waals surface area contributed by atoms with Crippen LogP contribution in [0, 0.1) is 0 Å². The summed E-state index contributed by atoms with van der Waals surface area (Å²) in [4.78, 5) is 0. The highest BCUT2D eigenvalue weighted by atomic mass is 14.9. The fourth-order valence-electron chi connectivity index (χ4n) is 6.93. The van der Waals surface area contributed by atoms with Crippen molar-refractivity contribution in [3.05, 3.63) is 200 Å². The first kappa shape index (κ1) is 31.4. The van der Waals surface area contributed by atoms with Crippen LogP contribution in [0.4, 0.5) is 28.4 Å². The van der Waals surface area contributed by atoms with Crippen LogP contribution in [0.2, 0.25) is 0 Å². The quantitative estimate of drug-likeness (QED) is 0.136. The van der Waals surface area contributed by atoms with Crippen LogP contribution in [0.5, 0.6) is 0 Å². The lowest BCUT2D eigenvalue weighted by atomic mass is 9.88.